The molecule has 0 saturated carbocycles. The largest absolute Gasteiger partial charge is 0.314 e. The summed E-state index contributed by atoms with van der Waals surface area (Å²) in [4.78, 5) is 2.67. The third kappa shape index (κ3) is 5.19. The first-order chi connectivity index (χ1) is 7.82. The molecule has 1 N–H and O–H groups in total. The molecule has 1 aliphatic rings. The van der Waals surface area contributed by atoms with Crippen LogP contribution >= 0.6 is 11.8 Å². The van der Waals surface area contributed by atoms with Crippen LogP contribution in [0.15, 0.2) is 0 Å². The number of thioether (sulfide) groups is 1. The van der Waals surface area contributed by atoms with Gasteiger partial charge in [-0.15, -0.1) is 0 Å². The number of rotatable bonds is 5. The van der Waals surface area contributed by atoms with Crippen molar-refractivity contribution in [3.63, 3.8) is 0 Å². The summed E-state index contributed by atoms with van der Waals surface area (Å²) in [6.07, 6.45) is 0. The Labute approximate surface area is 112 Å². The average molecular weight is 258 g/mol. The second-order valence-corrected chi connectivity index (χ2v) is 7.97. The first kappa shape index (κ1) is 15.3. The van der Waals surface area contributed by atoms with Crippen LogP contribution in [0.3, 0.4) is 0 Å². The molecule has 102 valence electrons. The predicted octanol–water partition coefficient (Wildman–Crippen LogP) is 2.84. The molecule has 0 bridgehead atoms. The summed E-state index contributed by atoms with van der Waals surface area (Å²) in [7, 11) is 0. The van der Waals surface area contributed by atoms with Gasteiger partial charge in [0.2, 0.25) is 0 Å². The van der Waals surface area contributed by atoms with E-state index in [0.29, 0.717) is 17.5 Å². The number of hydrogen-bond acceptors (Lipinski definition) is 3. The van der Waals surface area contributed by atoms with Gasteiger partial charge in [-0.1, -0.05) is 34.6 Å². The van der Waals surface area contributed by atoms with E-state index in [2.05, 4.69) is 63.5 Å². The molecular formula is C14H30N2S. The molecule has 1 aliphatic heterocycles. The van der Waals surface area contributed by atoms with Crippen LogP contribution in [0, 0.1) is 5.41 Å². The topological polar surface area (TPSA) is 15.3 Å². The molecule has 1 heterocycles. The van der Waals surface area contributed by atoms with E-state index in [1.807, 2.05) is 0 Å². The van der Waals surface area contributed by atoms with Crippen molar-refractivity contribution in [1.82, 2.24) is 10.2 Å². The van der Waals surface area contributed by atoms with Crippen molar-refractivity contribution in [1.29, 1.82) is 0 Å². The van der Waals surface area contributed by atoms with Crippen LogP contribution in [0.1, 0.15) is 41.5 Å². The molecule has 2 unspecified atom stereocenters. The fraction of sp³-hybridized carbons (Fsp3) is 1.00. The zero-order valence-electron chi connectivity index (χ0n) is 12.4. The molecule has 0 aromatic rings. The Bertz CT molecular complexity index is 228. The fourth-order valence-electron chi connectivity index (χ4n) is 2.30. The van der Waals surface area contributed by atoms with E-state index >= 15 is 0 Å². The van der Waals surface area contributed by atoms with Crippen LogP contribution in [0.4, 0.5) is 0 Å². The lowest BCUT2D eigenvalue weighted by molar-refractivity contribution is 0.136. The Morgan fingerprint density at radius 1 is 1.35 bits per heavy atom. The SMILES string of the molecule is CC(C)NCC(C)(C)CN1CCSC(C)C1C. The van der Waals surface area contributed by atoms with Crippen molar-refractivity contribution in [3.05, 3.63) is 0 Å². The van der Waals surface area contributed by atoms with Crippen LogP contribution in [-0.4, -0.2) is 47.6 Å². The smallest absolute Gasteiger partial charge is 0.0184 e. The molecule has 17 heavy (non-hydrogen) atoms. The minimum Gasteiger partial charge on any atom is -0.314 e. The van der Waals surface area contributed by atoms with Gasteiger partial charge in [-0.3, -0.25) is 4.90 Å². The molecule has 2 atom stereocenters. The van der Waals surface area contributed by atoms with E-state index in [1.165, 1.54) is 18.8 Å². The van der Waals surface area contributed by atoms with Crippen LogP contribution in [0.2, 0.25) is 0 Å². The summed E-state index contributed by atoms with van der Waals surface area (Å²) < 4.78 is 0. The van der Waals surface area contributed by atoms with Gasteiger partial charge in [-0.05, 0) is 12.3 Å². The lowest BCUT2D eigenvalue weighted by Crippen LogP contribution is -2.50. The third-order valence-electron chi connectivity index (χ3n) is 3.63. The van der Waals surface area contributed by atoms with E-state index in [4.69, 9.17) is 0 Å². The monoisotopic (exact) mass is 258 g/mol. The third-order valence-corrected chi connectivity index (χ3v) is 4.97. The van der Waals surface area contributed by atoms with Crippen molar-refractivity contribution in [2.75, 3.05) is 25.4 Å². The van der Waals surface area contributed by atoms with Gasteiger partial charge in [0.05, 0.1) is 0 Å². The molecule has 0 spiro atoms. The highest BCUT2D eigenvalue weighted by atomic mass is 32.2. The second kappa shape index (κ2) is 6.44. The van der Waals surface area contributed by atoms with Gasteiger partial charge in [0.1, 0.15) is 0 Å². The van der Waals surface area contributed by atoms with Gasteiger partial charge in [0, 0.05) is 42.7 Å². The summed E-state index contributed by atoms with van der Waals surface area (Å²) in [5.74, 6) is 1.29. The van der Waals surface area contributed by atoms with E-state index in [0.717, 1.165) is 11.8 Å². The lowest BCUT2D eigenvalue weighted by Gasteiger charge is -2.42. The molecule has 0 radical (unpaired) electrons. The van der Waals surface area contributed by atoms with Crippen molar-refractivity contribution in [3.8, 4) is 0 Å². The molecule has 0 aromatic carbocycles. The maximum atomic E-state index is 3.57. The number of hydrogen-bond donors (Lipinski definition) is 1. The maximum Gasteiger partial charge on any atom is 0.0184 e. The van der Waals surface area contributed by atoms with Gasteiger partial charge in [0.25, 0.3) is 0 Å². The Morgan fingerprint density at radius 3 is 2.59 bits per heavy atom. The van der Waals surface area contributed by atoms with Crippen LogP contribution in [0.5, 0.6) is 0 Å². The normalized spacial score (nSPS) is 27.7. The maximum absolute atomic E-state index is 3.57. The Balaban J connectivity index is 2.45. The van der Waals surface area contributed by atoms with Gasteiger partial charge in [-0.25, -0.2) is 0 Å². The van der Waals surface area contributed by atoms with Crippen molar-refractivity contribution >= 4 is 11.8 Å². The summed E-state index contributed by atoms with van der Waals surface area (Å²) in [6, 6.07) is 1.30. The van der Waals surface area contributed by atoms with Crippen LogP contribution in [0.25, 0.3) is 0 Å². The Hall–Kier alpha value is 0.270. The molecule has 1 fully saturated rings. The average Bonchev–Trinajstić information content (AvgIpc) is 2.22. The second-order valence-electron chi connectivity index (χ2n) is 6.49. The zero-order valence-corrected chi connectivity index (χ0v) is 13.2. The lowest BCUT2D eigenvalue weighted by atomic mass is 9.91. The molecular weight excluding hydrogens is 228 g/mol. The highest BCUT2D eigenvalue weighted by Crippen LogP contribution is 2.27. The molecule has 1 rings (SSSR count). The van der Waals surface area contributed by atoms with Gasteiger partial charge >= 0.3 is 0 Å². The Morgan fingerprint density at radius 2 is 2.00 bits per heavy atom. The van der Waals surface area contributed by atoms with Crippen molar-refractivity contribution in [2.24, 2.45) is 5.41 Å². The first-order valence-electron chi connectivity index (χ1n) is 6.91. The fourth-order valence-corrected chi connectivity index (χ4v) is 3.47. The molecule has 2 nitrogen and oxygen atoms in total. The minimum atomic E-state index is 0.361. The number of nitrogens with one attached hydrogen (secondary N) is 1. The molecule has 1 saturated heterocycles. The minimum absolute atomic E-state index is 0.361. The molecule has 3 heteroatoms. The summed E-state index contributed by atoms with van der Waals surface area (Å²) in [6.45, 7) is 17.5. The van der Waals surface area contributed by atoms with Crippen molar-refractivity contribution < 1.29 is 0 Å². The molecule has 0 amide bonds. The van der Waals surface area contributed by atoms with E-state index in [9.17, 15) is 0 Å². The quantitative estimate of drug-likeness (QED) is 0.816. The standard InChI is InChI=1S/C14H30N2S/c1-11(2)15-9-14(5,6)10-16-7-8-17-13(4)12(16)3/h11-13,15H,7-10H2,1-6H3. The van der Waals surface area contributed by atoms with Crippen LogP contribution in [-0.2, 0) is 0 Å². The predicted molar refractivity (Wildman–Crippen MR) is 79.9 cm³/mol. The Kier molecular flexibility index (Phi) is 5.81. The van der Waals surface area contributed by atoms with Crippen molar-refractivity contribution in [2.45, 2.75) is 58.9 Å². The zero-order chi connectivity index (χ0) is 13.1. The van der Waals surface area contributed by atoms with Gasteiger partial charge < -0.3 is 5.32 Å². The van der Waals surface area contributed by atoms with Gasteiger partial charge in [-0.2, -0.15) is 11.8 Å². The van der Waals surface area contributed by atoms with E-state index < -0.39 is 0 Å². The molecule has 0 aliphatic carbocycles. The summed E-state index contributed by atoms with van der Waals surface area (Å²) >= 11 is 2.12. The summed E-state index contributed by atoms with van der Waals surface area (Å²) in [5.41, 5.74) is 0.361. The van der Waals surface area contributed by atoms with E-state index in [1.54, 1.807) is 0 Å². The van der Waals surface area contributed by atoms with Crippen LogP contribution < -0.4 is 5.32 Å². The number of nitrogens with zero attached hydrogens (tertiary/aromatic N) is 1. The summed E-state index contributed by atoms with van der Waals surface area (Å²) in [5, 5.41) is 4.35. The van der Waals surface area contributed by atoms with Gasteiger partial charge in [0.15, 0.2) is 0 Å². The highest BCUT2D eigenvalue weighted by Gasteiger charge is 2.30. The van der Waals surface area contributed by atoms with E-state index in [-0.39, 0.29) is 0 Å². The molecule has 0 aromatic heterocycles. The first-order valence-corrected chi connectivity index (χ1v) is 7.96. The highest BCUT2D eigenvalue weighted by molar-refractivity contribution is 8.00.